The minimum absolute atomic E-state index is 0.146. The number of imidazole rings is 1. The fraction of sp³-hybridized carbons (Fsp3) is 0.688. The van der Waals surface area contributed by atoms with Crippen LogP contribution in [0, 0.1) is 5.92 Å². The number of aryl methyl sites for hydroxylation is 1. The molecule has 4 rings (SSSR count). The summed E-state index contributed by atoms with van der Waals surface area (Å²) in [5.74, 6) is 1.20. The zero-order chi connectivity index (χ0) is 15.8. The number of hydrogen-bond acceptors (Lipinski definition) is 5. The van der Waals surface area contributed by atoms with Gasteiger partial charge >= 0.3 is 5.97 Å². The molecule has 2 atom stereocenters. The molecule has 0 spiro atoms. The predicted octanol–water partition coefficient (Wildman–Crippen LogP) is 1.86. The molecule has 1 aromatic rings. The molecule has 3 aliphatic heterocycles. The lowest BCUT2D eigenvalue weighted by molar-refractivity contribution is -0.143. The summed E-state index contributed by atoms with van der Waals surface area (Å²) < 4.78 is 2.29. The van der Waals surface area contributed by atoms with Gasteiger partial charge in [0.1, 0.15) is 17.3 Å². The maximum absolute atomic E-state index is 11.3. The quantitative estimate of drug-likeness (QED) is 0.870. The van der Waals surface area contributed by atoms with Gasteiger partial charge in [-0.2, -0.15) is 0 Å². The Labute approximate surface area is 135 Å². The van der Waals surface area contributed by atoms with Gasteiger partial charge in [-0.1, -0.05) is 6.42 Å². The van der Waals surface area contributed by atoms with Crippen LogP contribution in [-0.2, 0) is 17.8 Å². The van der Waals surface area contributed by atoms with Gasteiger partial charge in [0.05, 0.1) is 12.3 Å². The first-order valence-electron chi connectivity index (χ1n) is 8.58. The predicted molar refractivity (Wildman–Crippen MR) is 86.6 cm³/mol. The number of aliphatic carboxylic acids is 1. The van der Waals surface area contributed by atoms with Gasteiger partial charge in [0.2, 0.25) is 0 Å². The van der Waals surface area contributed by atoms with E-state index in [4.69, 9.17) is 4.98 Å². The van der Waals surface area contributed by atoms with Crippen molar-refractivity contribution >= 4 is 18.1 Å². The molecule has 1 saturated heterocycles. The van der Waals surface area contributed by atoms with Crippen molar-refractivity contribution in [2.45, 2.75) is 51.2 Å². The average Bonchev–Trinajstić information content (AvgIpc) is 2.76. The fourth-order valence-corrected chi connectivity index (χ4v) is 3.95. The molecule has 2 N–H and O–H groups in total. The zero-order valence-electron chi connectivity index (χ0n) is 13.2. The molecule has 0 aliphatic carbocycles. The third-order valence-corrected chi connectivity index (χ3v) is 5.17. The summed E-state index contributed by atoms with van der Waals surface area (Å²) in [6.07, 6.45) is 7.90. The minimum atomic E-state index is -0.701. The van der Waals surface area contributed by atoms with E-state index < -0.39 is 5.97 Å². The van der Waals surface area contributed by atoms with Crippen molar-refractivity contribution in [3.63, 3.8) is 0 Å². The van der Waals surface area contributed by atoms with Crippen molar-refractivity contribution in [2.75, 3.05) is 18.4 Å². The van der Waals surface area contributed by atoms with Crippen LogP contribution in [0.4, 0.5) is 5.82 Å². The van der Waals surface area contributed by atoms with Gasteiger partial charge in [0.25, 0.3) is 0 Å². The molecule has 0 amide bonds. The van der Waals surface area contributed by atoms with Crippen LogP contribution in [0.1, 0.15) is 49.8 Å². The molecule has 0 aromatic carbocycles. The van der Waals surface area contributed by atoms with Crippen molar-refractivity contribution in [2.24, 2.45) is 10.9 Å². The second kappa shape index (κ2) is 5.96. The Morgan fingerprint density at radius 2 is 2.17 bits per heavy atom. The third-order valence-electron chi connectivity index (χ3n) is 5.17. The Kier molecular flexibility index (Phi) is 3.80. The Morgan fingerprint density at radius 1 is 1.26 bits per heavy atom. The first-order chi connectivity index (χ1) is 11.2. The summed E-state index contributed by atoms with van der Waals surface area (Å²) in [7, 11) is 0. The molecule has 0 unspecified atom stereocenters. The van der Waals surface area contributed by atoms with E-state index in [0.29, 0.717) is 6.54 Å². The standard InChI is InChI=1S/C16H23N5O2/c22-16(23)11-5-4-7-20(9-11)14-13-15(18-10-17-14)21-8-3-1-2-6-12(21)19-13/h10-11,14H,1-9H2,(H,17,18)(H,22,23)/t11-,14+/m1/s1. The molecule has 0 radical (unpaired) electrons. The Balaban J connectivity index is 1.63. The lowest BCUT2D eigenvalue weighted by Crippen LogP contribution is -2.41. The van der Waals surface area contributed by atoms with Crippen LogP contribution in [-0.4, -0.2) is 45.0 Å². The molecule has 124 valence electrons. The summed E-state index contributed by atoms with van der Waals surface area (Å²) in [6.45, 7) is 2.44. The maximum atomic E-state index is 11.3. The Morgan fingerprint density at radius 3 is 3.04 bits per heavy atom. The van der Waals surface area contributed by atoms with Gasteiger partial charge in [0.15, 0.2) is 6.17 Å². The van der Waals surface area contributed by atoms with Crippen LogP contribution in [0.3, 0.4) is 0 Å². The highest BCUT2D eigenvalue weighted by molar-refractivity contribution is 5.78. The Hall–Kier alpha value is -1.89. The van der Waals surface area contributed by atoms with Crippen molar-refractivity contribution in [3.8, 4) is 0 Å². The van der Waals surface area contributed by atoms with Crippen LogP contribution < -0.4 is 5.32 Å². The average molecular weight is 317 g/mol. The number of piperidine rings is 1. The van der Waals surface area contributed by atoms with Gasteiger partial charge in [-0.05, 0) is 25.7 Å². The molecule has 1 aromatic heterocycles. The van der Waals surface area contributed by atoms with E-state index in [0.717, 1.165) is 49.7 Å². The second-order valence-electron chi connectivity index (χ2n) is 6.69. The van der Waals surface area contributed by atoms with E-state index in [9.17, 15) is 9.90 Å². The molecule has 23 heavy (non-hydrogen) atoms. The smallest absolute Gasteiger partial charge is 0.307 e. The molecule has 7 nitrogen and oxygen atoms in total. The lowest BCUT2D eigenvalue weighted by Gasteiger charge is -2.35. The number of hydrogen-bond donors (Lipinski definition) is 2. The van der Waals surface area contributed by atoms with E-state index in [1.807, 2.05) is 0 Å². The maximum Gasteiger partial charge on any atom is 0.307 e. The highest BCUT2D eigenvalue weighted by atomic mass is 16.4. The monoisotopic (exact) mass is 317 g/mol. The molecule has 1 fully saturated rings. The number of aromatic nitrogens is 2. The summed E-state index contributed by atoms with van der Waals surface area (Å²) in [5.41, 5.74) is 0.968. The normalized spacial score (nSPS) is 27.7. The number of aliphatic imine (C=N–C) groups is 1. The number of nitrogens with one attached hydrogen (secondary N) is 1. The van der Waals surface area contributed by atoms with E-state index in [-0.39, 0.29) is 12.1 Å². The number of carbonyl (C=O) groups is 1. The third kappa shape index (κ3) is 2.63. The molecule has 3 aliphatic rings. The SMILES string of the molecule is O=C(O)[C@@H]1CCCN([C@@H]2N=CNc3c2nc2n3CCCCC2)C1. The van der Waals surface area contributed by atoms with Crippen molar-refractivity contribution in [1.29, 1.82) is 0 Å². The lowest BCUT2D eigenvalue weighted by atomic mass is 9.97. The van der Waals surface area contributed by atoms with Crippen LogP contribution >= 0.6 is 0 Å². The Bertz CT molecular complexity index is 639. The number of carboxylic acids is 1. The summed E-state index contributed by atoms with van der Waals surface area (Å²) in [4.78, 5) is 23.0. The van der Waals surface area contributed by atoms with Gasteiger partial charge in [-0.25, -0.2) is 9.98 Å². The second-order valence-corrected chi connectivity index (χ2v) is 6.69. The van der Waals surface area contributed by atoms with Gasteiger partial charge in [0, 0.05) is 26.1 Å². The van der Waals surface area contributed by atoms with Crippen molar-refractivity contribution in [3.05, 3.63) is 11.5 Å². The molecule has 4 heterocycles. The highest BCUT2D eigenvalue weighted by Crippen LogP contribution is 2.35. The molecule has 0 saturated carbocycles. The van der Waals surface area contributed by atoms with Crippen LogP contribution in [0.5, 0.6) is 0 Å². The molecule has 7 heteroatoms. The summed E-state index contributed by atoms with van der Waals surface area (Å²) in [6, 6.07) is 0. The van der Waals surface area contributed by atoms with Gasteiger partial charge in [-0.15, -0.1) is 0 Å². The number of likely N-dealkylation sites (tertiary alicyclic amines) is 1. The highest BCUT2D eigenvalue weighted by Gasteiger charge is 2.35. The van der Waals surface area contributed by atoms with E-state index in [1.165, 1.54) is 19.3 Å². The topological polar surface area (TPSA) is 82.8 Å². The zero-order valence-corrected chi connectivity index (χ0v) is 13.2. The number of rotatable bonds is 2. The van der Waals surface area contributed by atoms with Crippen LogP contribution in [0.2, 0.25) is 0 Å². The van der Waals surface area contributed by atoms with Crippen molar-refractivity contribution < 1.29 is 9.90 Å². The van der Waals surface area contributed by atoms with Gasteiger partial charge < -0.3 is 15.0 Å². The minimum Gasteiger partial charge on any atom is -0.481 e. The number of carboxylic acid groups (broad SMARTS) is 1. The number of nitrogens with zero attached hydrogens (tertiary/aromatic N) is 4. The van der Waals surface area contributed by atoms with E-state index >= 15 is 0 Å². The number of anilines is 1. The first kappa shape index (κ1) is 14.7. The van der Waals surface area contributed by atoms with E-state index in [1.54, 1.807) is 6.34 Å². The largest absolute Gasteiger partial charge is 0.481 e. The molecular formula is C16H23N5O2. The van der Waals surface area contributed by atoms with Crippen LogP contribution in [0.25, 0.3) is 0 Å². The molecule has 0 bridgehead atoms. The van der Waals surface area contributed by atoms with Crippen molar-refractivity contribution in [1.82, 2.24) is 14.5 Å². The van der Waals surface area contributed by atoms with Gasteiger partial charge in [-0.3, -0.25) is 9.69 Å². The van der Waals surface area contributed by atoms with Crippen LogP contribution in [0.15, 0.2) is 4.99 Å². The molecular weight excluding hydrogens is 294 g/mol. The number of fused-ring (bicyclic) bond motifs is 3. The first-order valence-corrected chi connectivity index (χ1v) is 8.58. The summed E-state index contributed by atoms with van der Waals surface area (Å²) in [5, 5.41) is 12.6. The fourth-order valence-electron chi connectivity index (χ4n) is 3.95. The van der Waals surface area contributed by atoms with E-state index in [2.05, 4.69) is 19.8 Å². The summed E-state index contributed by atoms with van der Waals surface area (Å²) >= 11 is 0.